The first-order chi connectivity index (χ1) is 12.2. The molecule has 0 aliphatic heterocycles. The molecule has 3 saturated carbocycles. The molecule has 0 saturated heterocycles. The minimum Gasteiger partial charge on any atom is -0.295 e. The highest BCUT2D eigenvalue weighted by Gasteiger charge is 2.60. The summed E-state index contributed by atoms with van der Waals surface area (Å²) in [5, 5.41) is 0. The van der Waals surface area contributed by atoms with Crippen LogP contribution in [0.15, 0.2) is 22.8 Å². The number of carbonyl (C=O) groups is 3. The topological polar surface area (TPSA) is 51.2 Å². The number of Topliss-reactive ketones (excluding diaryl/α,β-unsaturated/α-hetero) is 2. The predicted molar refractivity (Wildman–Crippen MR) is 100 cm³/mol. The molecule has 4 aliphatic rings. The van der Waals surface area contributed by atoms with Crippen LogP contribution in [0.4, 0.5) is 0 Å². The fraction of sp³-hybridized carbons (Fsp3) is 0.696. The molecule has 0 unspecified atom stereocenters. The fourth-order valence-electron chi connectivity index (χ4n) is 7.00. The average molecular weight is 354 g/mol. The summed E-state index contributed by atoms with van der Waals surface area (Å²) >= 11 is 0. The van der Waals surface area contributed by atoms with Gasteiger partial charge in [-0.1, -0.05) is 19.4 Å². The molecule has 0 aromatic rings. The molecule has 3 fully saturated rings. The van der Waals surface area contributed by atoms with E-state index in [1.165, 1.54) is 5.57 Å². The van der Waals surface area contributed by atoms with Crippen molar-refractivity contribution in [3.63, 3.8) is 0 Å². The zero-order chi connectivity index (χ0) is 18.9. The molecule has 4 aliphatic carbocycles. The van der Waals surface area contributed by atoms with Crippen molar-refractivity contribution in [1.82, 2.24) is 0 Å². The first-order valence-electron chi connectivity index (χ1n) is 10.2. The minimum absolute atomic E-state index is 0.0315. The summed E-state index contributed by atoms with van der Waals surface area (Å²) in [5.41, 5.74) is 2.86. The molecule has 0 aromatic carbocycles. The van der Waals surface area contributed by atoms with E-state index in [0.29, 0.717) is 36.2 Å². The second-order valence-electron chi connectivity index (χ2n) is 9.61. The Morgan fingerprint density at radius 1 is 1.00 bits per heavy atom. The molecule has 0 N–H and O–H groups in total. The van der Waals surface area contributed by atoms with Gasteiger partial charge in [0.2, 0.25) is 0 Å². The quantitative estimate of drug-likeness (QED) is 0.647. The summed E-state index contributed by atoms with van der Waals surface area (Å²) in [5.74, 6) is 1.98. The van der Waals surface area contributed by atoms with E-state index in [-0.39, 0.29) is 28.2 Å². The highest BCUT2D eigenvalue weighted by atomic mass is 16.1. The molecule has 3 heteroatoms. The average Bonchev–Trinajstić information content (AvgIpc) is 2.85. The Balaban J connectivity index is 1.74. The van der Waals surface area contributed by atoms with Crippen LogP contribution in [0.5, 0.6) is 0 Å². The first-order valence-corrected chi connectivity index (χ1v) is 10.2. The van der Waals surface area contributed by atoms with Crippen LogP contribution in [0.1, 0.15) is 72.6 Å². The lowest BCUT2D eigenvalue weighted by molar-refractivity contribution is -0.117. The first kappa shape index (κ1) is 17.9. The Morgan fingerprint density at radius 2 is 1.73 bits per heavy atom. The van der Waals surface area contributed by atoms with Crippen LogP contribution in [0.25, 0.3) is 0 Å². The summed E-state index contributed by atoms with van der Waals surface area (Å²) in [6.07, 6.45) is 8.32. The van der Waals surface area contributed by atoms with E-state index in [2.05, 4.69) is 13.8 Å². The molecule has 0 spiro atoms. The molecule has 0 amide bonds. The summed E-state index contributed by atoms with van der Waals surface area (Å²) < 4.78 is 0. The largest absolute Gasteiger partial charge is 0.295 e. The van der Waals surface area contributed by atoms with Crippen LogP contribution in [-0.2, 0) is 14.4 Å². The molecule has 0 radical (unpaired) electrons. The van der Waals surface area contributed by atoms with E-state index in [9.17, 15) is 14.4 Å². The third-order valence-electron chi connectivity index (χ3n) is 8.51. The van der Waals surface area contributed by atoms with Crippen LogP contribution >= 0.6 is 0 Å². The smallest absolute Gasteiger partial charge is 0.160 e. The van der Waals surface area contributed by atoms with Gasteiger partial charge in [0.1, 0.15) is 0 Å². The Labute approximate surface area is 156 Å². The SMILES string of the molecule is CC(=O)/C(C)=C1/C(=O)C[C@H]2[C@@H]3CCC4=CC(=O)CC[C@]4(C)[C@H]3CC[C@]12C. The molecule has 4 rings (SSSR count). The molecular formula is C23H30O3. The van der Waals surface area contributed by atoms with Crippen molar-refractivity contribution in [2.75, 3.05) is 0 Å². The number of rotatable bonds is 1. The molecule has 5 atom stereocenters. The van der Waals surface area contributed by atoms with Crippen molar-refractivity contribution < 1.29 is 14.4 Å². The number of hydrogen-bond donors (Lipinski definition) is 0. The molecule has 0 bridgehead atoms. The number of hydrogen-bond acceptors (Lipinski definition) is 3. The fourth-order valence-corrected chi connectivity index (χ4v) is 7.00. The third kappa shape index (κ3) is 2.28. The zero-order valence-corrected chi connectivity index (χ0v) is 16.5. The summed E-state index contributed by atoms with van der Waals surface area (Å²) in [7, 11) is 0. The maximum Gasteiger partial charge on any atom is 0.160 e. The normalized spacial score (nSPS) is 44.0. The van der Waals surface area contributed by atoms with Gasteiger partial charge < -0.3 is 0 Å². The minimum atomic E-state index is -0.143. The van der Waals surface area contributed by atoms with E-state index in [1.807, 2.05) is 13.0 Å². The molecule has 0 aromatic heterocycles. The second kappa shape index (κ2) is 5.74. The van der Waals surface area contributed by atoms with E-state index >= 15 is 0 Å². The van der Waals surface area contributed by atoms with Gasteiger partial charge in [0.25, 0.3) is 0 Å². The second-order valence-corrected chi connectivity index (χ2v) is 9.61. The van der Waals surface area contributed by atoms with E-state index in [4.69, 9.17) is 0 Å². The molecule has 3 nitrogen and oxygen atoms in total. The zero-order valence-electron chi connectivity index (χ0n) is 16.5. The lowest BCUT2D eigenvalue weighted by atomic mass is 9.47. The Morgan fingerprint density at radius 3 is 2.42 bits per heavy atom. The highest BCUT2D eigenvalue weighted by Crippen LogP contribution is 2.66. The highest BCUT2D eigenvalue weighted by molar-refractivity contribution is 6.08. The van der Waals surface area contributed by atoms with E-state index in [0.717, 1.165) is 37.7 Å². The van der Waals surface area contributed by atoms with Gasteiger partial charge >= 0.3 is 0 Å². The van der Waals surface area contributed by atoms with Gasteiger partial charge in [-0.2, -0.15) is 0 Å². The van der Waals surface area contributed by atoms with Crippen molar-refractivity contribution >= 4 is 17.3 Å². The Bertz CT molecular complexity index is 770. The van der Waals surface area contributed by atoms with Crippen molar-refractivity contribution in [2.24, 2.45) is 28.6 Å². The van der Waals surface area contributed by atoms with Crippen LogP contribution < -0.4 is 0 Å². The van der Waals surface area contributed by atoms with Gasteiger partial charge in [-0.3, -0.25) is 14.4 Å². The molecular weight excluding hydrogens is 324 g/mol. The van der Waals surface area contributed by atoms with Gasteiger partial charge in [-0.25, -0.2) is 0 Å². The van der Waals surface area contributed by atoms with Crippen molar-refractivity contribution in [3.05, 3.63) is 22.8 Å². The molecule has 140 valence electrons. The van der Waals surface area contributed by atoms with Crippen LogP contribution in [0.3, 0.4) is 0 Å². The van der Waals surface area contributed by atoms with Crippen LogP contribution in [0, 0.1) is 28.6 Å². The van der Waals surface area contributed by atoms with Crippen LogP contribution in [0.2, 0.25) is 0 Å². The number of fused-ring (bicyclic) bond motifs is 5. The van der Waals surface area contributed by atoms with Gasteiger partial charge in [0.15, 0.2) is 17.3 Å². The maximum absolute atomic E-state index is 12.9. The lowest BCUT2D eigenvalue weighted by Gasteiger charge is -2.57. The van der Waals surface area contributed by atoms with Crippen LogP contribution in [-0.4, -0.2) is 17.3 Å². The lowest BCUT2D eigenvalue weighted by Crippen LogP contribution is -2.49. The van der Waals surface area contributed by atoms with Gasteiger partial charge in [-0.05, 0) is 86.2 Å². The van der Waals surface area contributed by atoms with E-state index in [1.54, 1.807) is 6.92 Å². The monoisotopic (exact) mass is 354 g/mol. The number of ketones is 3. The van der Waals surface area contributed by atoms with Crippen molar-refractivity contribution in [1.29, 1.82) is 0 Å². The van der Waals surface area contributed by atoms with Gasteiger partial charge in [-0.15, -0.1) is 0 Å². The Hall–Kier alpha value is -1.51. The van der Waals surface area contributed by atoms with Gasteiger partial charge in [0, 0.05) is 18.4 Å². The predicted octanol–water partition coefficient (Wildman–Crippen LogP) is 4.60. The van der Waals surface area contributed by atoms with Gasteiger partial charge in [0.05, 0.1) is 0 Å². The molecule has 26 heavy (non-hydrogen) atoms. The van der Waals surface area contributed by atoms with Crippen molar-refractivity contribution in [2.45, 2.75) is 72.6 Å². The van der Waals surface area contributed by atoms with E-state index < -0.39 is 0 Å². The summed E-state index contributed by atoms with van der Waals surface area (Å²) in [4.78, 5) is 36.8. The van der Waals surface area contributed by atoms with Crippen molar-refractivity contribution in [3.8, 4) is 0 Å². The molecule has 0 heterocycles. The maximum atomic E-state index is 12.9. The number of allylic oxidation sites excluding steroid dienone is 3. The summed E-state index contributed by atoms with van der Waals surface area (Å²) in [6.45, 7) is 8.01. The standard InChI is InChI=1S/C23H30O3/c1-13(14(2)24)21-20(26)12-19-17-6-5-15-11-16(25)7-9-22(15,3)18(17)8-10-23(19,21)4/h11,17-19H,5-10,12H2,1-4H3/b21-13-/t17-,18+,19+,22+,23+/m1/s1. The number of carbonyl (C=O) groups excluding carboxylic acids is 3. The summed E-state index contributed by atoms with van der Waals surface area (Å²) in [6, 6.07) is 0. The third-order valence-corrected chi connectivity index (χ3v) is 8.51. The Kier molecular flexibility index (Phi) is 3.95.